The standard InChI is InChI=1S/C30H39N3O10/c1-8-41-24-16-19(12-14-23(24)40-7)21(31-17-20-10-9-11-22(33(38)39)26(20)27(31)35)13-15-25(34)32(43-29(2,3)4)18-30(5,6)42-28(36)37/h9-12,14,16,21H,8,13,15,17-18H2,1-7H3,(H,36,37). The summed E-state index contributed by atoms with van der Waals surface area (Å²) in [5.74, 6) is -0.0558. The second kappa shape index (κ2) is 13.3. The van der Waals surface area contributed by atoms with Crippen molar-refractivity contribution in [2.75, 3.05) is 20.3 Å². The molecule has 2 aromatic carbocycles. The summed E-state index contributed by atoms with van der Waals surface area (Å²) >= 11 is 0. The maximum Gasteiger partial charge on any atom is 0.506 e. The lowest BCUT2D eigenvalue weighted by Gasteiger charge is -2.35. The highest BCUT2D eigenvalue weighted by Crippen LogP contribution is 2.40. The molecule has 2 amide bonds. The number of carboxylic acid groups (broad SMARTS) is 1. The van der Waals surface area contributed by atoms with Gasteiger partial charge in [-0.15, -0.1) is 0 Å². The van der Waals surface area contributed by atoms with E-state index in [0.29, 0.717) is 29.2 Å². The molecule has 2 aromatic rings. The van der Waals surface area contributed by atoms with Crippen molar-refractivity contribution < 1.29 is 43.5 Å². The summed E-state index contributed by atoms with van der Waals surface area (Å²) in [6, 6.07) is 9.01. The van der Waals surface area contributed by atoms with Crippen LogP contribution in [-0.4, -0.2) is 69.4 Å². The van der Waals surface area contributed by atoms with E-state index < -0.39 is 40.1 Å². The van der Waals surface area contributed by atoms with Gasteiger partial charge in [0.1, 0.15) is 11.2 Å². The third-order valence-electron chi connectivity index (χ3n) is 6.57. The predicted molar refractivity (Wildman–Crippen MR) is 155 cm³/mol. The van der Waals surface area contributed by atoms with Crippen LogP contribution in [0.4, 0.5) is 10.5 Å². The fourth-order valence-corrected chi connectivity index (χ4v) is 4.94. The summed E-state index contributed by atoms with van der Waals surface area (Å²) in [7, 11) is 1.51. The molecule has 13 nitrogen and oxygen atoms in total. The fourth-order valence-electron chi connectivity index (χ4n) is 4.94. The number of hydroxylamine groups is 2. The molecular weight excluding hydrogens is 562 g/mol. The molecule has 0 fully saturated rings. The van der Waals surface area contributed by atoms with Gasteiger partial charge < -0.3 is 24.2 Å². The van der Waals surface area contributed by atoms with Gasteiger partial charge in [-0.3, -0.25) is 24.5 Å². The quantitative estimate of drug-likeness (QED) is 0.176. The Labute approximate surface area is 250 Å². The normalized spacial score (nSPS) is 13.7. The fraction of sp³-hybridized carbons (Fsp3) is 0.500. The lowest BCUT2D eigenvalue weighted by atomic mass is 9.99. The maximum absolute atomic E-state index is 13.7. The van der Waals surface area contributed by atoms with Crippen LogP contribution in [0.2, 0.25) is 0 Å². The van der Waals surface area contributed by atoms with Crippen molar-refractivity contribution in [2.45, 2.75) is 78.2 Å². The molecule has 43 heavy (non-hydrogen) atoms. The summed E-state index contributed by atoms with van der Waals surface area (Å²) in [5, 5.41) is 21.9. The van der Waals surface area contributed by atoms with E-state index in [1.165, 1.54) is 38.0 Å². The third kappa shape index (κ3) is 8.34. The molecule has 0 aromatic heterocycles. The van der Waals surface area contributed by atoms with E-state index in [-0.39, 0.29) is 37.2 Å². The maximum atomic E-state index is 13.7. The lowest BCUT2D eigenvalue weighted by molar-refractivity contribution is -0.385. The van der Waals surface area contributed by atoms with E-state index in [2.05, 4.69) is 0 Å². The van der Waals surface area contributed by atoms with Crippen molar-refractivity contribution in [1.82, 2.24) is 9.96 Å². The van der Waals surface area contributed by atoms with E-state index in [1.54, 1.807) is 45.0 Å². The Balaban J connectivity index is 1.99. The van der Waals surface area contributed by atoms with Crippen LogP contribution < -0.4 is 9.47 Å². The SMILES string of the molecule is CCOc1cc(C(CCC(=O)N(CC(C)(C)OC(=O)O)OC(C)(C)C)N2Cc3cccc([N+](=O)[O-])c3C2=O)ccc1OC. The van der Waals surface area contributed by atoms with Crippen LogP contribution in [0.15, 0.2) is 36.4 Å². The molecule has 1 aliphatic heterocycles. The van der Waals surface area contributed by atoms with Crippen molar-refractivity contribution in [3.63, 3.8) is 0 Å². The number of fused-ring (bicyclic) bond motifs is 1. The molecule has 1 heterocycles. The van der Waals surface area contributed by atoms with E-state index in [1.807, 2.05) is 6.92 Å². The van der Waals surface area contributed by atoms with E-state index in [0.717, 1.165) is 5.06 Å². The Morgan fingerprint density at radius 2 is 1.84 bits per heavy atom. The van der Waals surface area contributed by atoms with E-state index in [9.17, 15) is 24.5 Å². The highest BCUT2D eigenvalue weighted by Gasteiger charge is 2.39. The van der Waals surface area contributed by atoms with Crippen molar-refractivity contribution in [2.24, 2.45) is 0 Å². The van der Waals surface area contributed by atoms with Crippen LogP contribution >= 0.6 is 0 Å². The molecule has 0 aliphatic carbocycles. The average molecular weight is 602 g/mol. The molecule has 1 N–H and O–H groups in total. The van der Waals surface area contributed by atoms with Gasteiger partial charge >= 0.3 is 6.16 Å². The molecule has 0 saturated heterocycles. The second-order valence-electron chi connectivity index (χ2n) is 11.7. The number of rotatable bonds is 13. The van der Waals surface area contributed by atoms with Gasteiger partial charge in [-0.1, -0.05) is 18.2 Å². The monoisotopic (exact) mass is 601 g/mol. The van der Waals surface area contributed by atoms with Crippen molar-refractivity contribution in [1.29, 1.82) is 0 Å². The van der Waals surface area contributed by atoms with Gasteiger partial charge in [0.05, 0.1) is 36.8 Å². The number of nitrogens with zero attached hydrogens (tertiary/aromatic N) is 3. The van der Waals surface area contributed by atoms with Crippen molar-refractivity contribution >= 4 is 23.7 Å². The lowest BCUT2D eigenvalue weighted by Crippen LogP contribution is -2.47. The van der Waals surface area contributed by atoms with Gasteiger partial charge in [-0.2, -0.15) is 0 Å². The van der Waals surface area contributed by atoms with Crippen LogP contribution in [0.25, 0.3) is 0 Å². The first kappa shape index (κ1) is 33.1. The number of hydrogen-bond acceptors (Lipinski definition) is 9. The summed E-state index contributed by atoms with van der Waals surface area (Å²) in [4.78, 5) is 57.1. The number of nitro groups is 1. The van der Waals surface area contributed by atoms with E-state index in [4.69, 9.17) is 24.2 Å². The Kier molecular flexibility index (Phi) is 10.2. The Morgan fingerprint density at radius 1 is 1.14 bits per heavy atom. The van der Waals surface area contributed by atoms with Crippen molar-refractivity contribution in [3.05, 3.63) is 63.2 Å². The molecule has 1 atom stereocenters. The molecule has 0 saturated carbocycles. The van der Waals surface area contributed by atoms with Gasteiger partial charge in [0.25, 0.3) is 11.6 Å². The molecule has 0 bridgehead atoms. The number of carbonyl (C=O) groups is 3. The van der Waals surface area contributed by atoms with E-state index >= 15 is 0 Å². The number of methoxy groups -OCH3 is 1. The molecule has 1 aliphatic rings. The number of nitro benzene ring substituents is 1. The number of carbonyl (C=O) groups excluding carboxylic acids is 2. The van der Waals surface area contributed by atoms with Gasteiger partial charge in [0.2, 0.25) is 5.91 Å². The smallest absolute Gasteiger partial charge is 0.493 e. The molecule has 1 unspecified atom stereocenters. The Hall–Kier alpha value is -4.39. The first-order chi connectivity index (χ1) is 20.1. The molecule has 234 valence electrons. The Bertz CT molecular complexity index is 1370. The molecule has 13 heteroatoms. The van der Waals surface area contributed by atoms with Crippen LogP contribution in [-0.2, 0) is 20.9 Å². The minimum absolute atomic E-state index is 0.0210. The zero-order chi connectivity index (χ0) is 32.1. The number of amides is 2. The molecule has 3 rings (SSSR count). The summed E-state index contributed by atoms with van der Waals surface area (Å²) in [6.45, 7) is 10.4. The largest absolute Gasteiger partial charge is 0.506 e. The minimum Gasteiger partial charge on any atom is -0.493 e. The van der Waals surface area contributed by atoms with Crippen molar-refractivity contribution in [3.8, 4) is 11.5 Å². The topological polar surface area (TPSA) is 158 Å². The zero-order valence-electron chi connectivity index (χ0n) is 25.5. The van der Waals surface area contributed by atoms with Gasteiger partial charge in [-0.05, 0) is 71.2 Å². The number of benzene rings is 2. The number of hydrogen-bond donors (Lipinski definition) is 1. The molecule has 0 spiro atoms. The first-order valence-corrected chi connectivity index (χ1v) is 13.9. The highest BCUT2D eigenvalue weighted by atomic mass is 16.7. The van der Waals surface area contributed by atoms with Gasteiger partial charge in [0, 0.05) is 19.0 Å². The minimum atomic E-state index is -1.49. The van der Waals surface area contributed by atoms with Crippen LogP contribution in [0.5, 0.6) is 11.5 Å². The average Bonchev–Trinajstić information content (AvgIpc) is 3.23. The molecular formula is C30H39N3O10. The Morgan fingerprint density at radius 3 is 2.42 bits per heavy atom. The van der Waals surface area contributed by atoms with Gasteiger partial charge in [0.15, 0.2) is 11.5 Å². The predicted octanol–water partition coefficient (Wildman–Crippen LogP) is 5.51. The number of ether oxygens (including phenoxy) is 3. The summed E-state index contributed by atoms with van der Waals surface area (Å²) < 4.78 is 16.1. The molecule has 0 radical (unpaired) electrons. The summed E-state index contributed by atoms with van der Waals surface area (Å²) in [6.07, 6.45) is -1.48. The van der Waals surface area contributed by atoms with Crippen LogP contribution in [0, 0.1) is 10.1 Å². The van der Waals surface area contributed by atoms with Gasteiger partial charge in [-0.25, -0.2) is 9.86 Å². The summed E-state index contributed by atoms with van der Waals surface area (Å²) in [5.41, 5.74) is -1.18. The highest BCUT2D eigenvalue weighted by molar-refractivity contribution is 6.02. The zero-order valence-corrected chi connectivity index (χ0v) is 25.5. The van der Waals surface area contributed by atoms with Crippen LogP contribution in [0.1, 0.15) is 81.9 Å². The third-order valence-corrected chi connectivity index (χ3v) is 6.57. The van der Waals surface area contributed by atoms with Crippen LogP contribution in [0.3, 0.4) is 0 Å². The first-order valence-electron chi connectivity index (χ1n) is 13.9. The second-order valence-corrected chi connectivity index (χ2v) is 11.7.